The van der Waals surface area contributed by atoms with Crippen molar-refractivity contribution in [2.45, 2.75) is 31.1 Å². The zero-order chi connectivity index (χ0) is 20.6. The lowest BCUT2D eigenvalue weighted by atomic mass is 9.94. The number of likely N-dealkylation sites (tertiary alicyclic amines) is 1. The zero-order valence-electron chi connectivity index (χ0n) is 15.4. The van der Waals surface area contributed by atoms with Gasteiger partial charge in [0.1, 0.15) is 6.04 Å². The van der Waals surface area contributed by atoms with Gasteiger partial charge < -0.3 is 5.11 Å². The van der Waals surface area contributed by atoms with Crippen LogP contribution < -0.4 is 0 Å². The molecule has 3 aromatic rings. The van der Waals surface area contributed by atoms with Gasteiger partial charge >= 0.3 is 12.1 Å². The summed E-state index contributed by atoms with van der Waals surface area (Å²) in [5.74, 6) is -0.913. The number of pyridine rings is 1. The Kier molecular flexibility index (Phi) is 5.00. The molecule has 0 bridgehead atoms. The van der Waals surface area contributed by atoms with E-state index in [-0.39, 0.29) is 0 Å². The normalized spacial score (nSPS) is 18.8. The Morgan fingerprint density at radius 3 is 2.48 bits per heavy atom. The predicted octanol–water partition coefficient (Wildman–Crippen LogP) is 4.89. The number of alkyl halides is 3. The predicted molar refractivity (Wildman–Crippen MR) is 102 cm³/mol. The Balaban J connectivity index is 1.81. The van der Waals surface area contributed by atoms with Crippen LogP contribution in [0.3, 0.4) is 0 Å². The number of aromatic nitrogens is 1. The van der Waals surface area contributed by atoms with Crippen molar-refractivity contribution >= 4 is 16.7 Å². The van der Waals surface area contributed by atoms with Crippen LogP contribution in [0, 0.1) is 0 Å². The number of hydrogen-bond donors (Lipinski definition) is 1. The van der Waals surface area contributed by atoms with Crippen LogP contribution in [-0.2, 0) is 11.0 Å². The summed E-state index contributed by atoms with van der Waals surface area (Å²) in [4.78, 5) is 17.7. The summed E-state index contributed by atoms with van der Waals surface area (Å²) >= 11 is 0. The molecule has 2 unspecified atom stereocenters. The first-order valence-corrected chi connectivity index (χ1v) is 9.34. The summed E-state index contributed by atoms with van der Waals surface area (Å²) in [6.45, 7) is 0.567. The lowest BCUT2D eigenvalue weighted by Gasteiger charge is -2.32. The zero-order valence-corrected chi connectivity index (χ0v) is 15.4. The molecule has 2 aromatic carbocycles. The first-order valence-electron chi connectivity index (χ1n) is 9.34. The average Bonchev–Trinajstić information content (AvgIpc) is 3.17. The quantitative estimate of drug-likeness (QED) is 0.677. The molecule has 4 rings (SSSR count). The standard InChI is InChI=1S/C22H19F3N2O2/c23-22(24,25)18-7-5-14(6-8-18)20(27-11-1-2-19(27)21(28)29)16-3-4-17-13-26-10-9-15(17)12-16/h3-10,12-13,19-20H,1-2,11H2,(H,28,29). The highest BCUT2D eigenvalue weighted by atomic mass is 19.4. The molecule has 29 heavy (non-hydrogen) atoms. The Bertz CT molecular complexity index is 1030. The van der Waals surface area contributed by atoms with Crippen LogP contribution in [0.25, 0.3) is 10.8 Å². The second-order valence-corrected chi connectivity index (χ2v) is 7.24. The van der Waals surface area contributed by atoms with Gasteiger partial charge in [0.2, 0.25) is 0 Å². The molecule has 0 aliphatic carbocycles. The Hall–Kier alpha value is -2.93. The molecule has 1 saturated heterocycles. The summed E-state index contributed by atoms with van der Waals surface area (Å²) in [6, 6.07) is 11.5. The van der Waals surface area contributed by atoms with Crippen molar-refractivity contribution in [1.82, 2.24) is 9.88 Å². The first kappa shape index (κ1) is 19.4. The molecule has 1 fully saturated rings. The molecule has 0 radical (unpaired) electrons. The summed E-state index contributed by atoms with van der Waals surface area (Å²) < 4.78 is 39.0. The van der Waals surface area contributed by atoms with Crippen molar-refractivity contribution < 1.29 is 23.1 Å². The number of halogens is 3. The number of carboxylic acid groups (broad SMARTS) is 1. The molecule has 2 atom stereocenters. The second kappa shape index (κ2) is 7.48. The number of hydrogen-bond acceptors (Lipinski definition) is 3. The van der Waals surface area contributed by atoms with Crippen molar-refractivity contribution in [3.63, 3.8) is 0 Å². The highest BCUT2D eigenvalue weighted by Crippen LogP contribution is 2.37. The van der Waals surface area contributed by atoms with Crippen LogP contribution >= 0.6 is 0 Å². The molecule has 1 aliphatic rings. The number of carbonyl (C=O) groups is 1. The topological polar surface area (TPSA) is 53.4 Å². The minimum absolute atomic E-state index is 0.446. The maximum absolute atomic E-state index is 13.0. The number of nitrogens with zero attached hydrogens (tertiary/aromatic N) is 2. The lowest BCUT2D eigenvalue weighted by Crippen LogP contribution is -2.39. The van der Waals surface area contributed by atoms with Gasteiger partial charge in [0.15, 0.2) is 0 Å². The smallest absolute Gasteiger partial charge is 0.416 e. The van der Waals surface area contributed by atoms with Gasteiger partial charge in [0, 0.05) is 24.3 Å². The van der Waals surface area contributed by atoms with Gasteiger partial charge in [-0.1, -0.05) is 24.3 Å². The van der Waals surface area contributed by atoms with Gasteiger partial charge in [0.05, 0.1) is 11.6 Å². The van der Waals surface area contributed by atoms with E-state index in [4.69, 9.17) is 0 Å². The summed E-state index contributed by atoms with van der Waals surface area (Å²) in [7, 11) is 0. The molecular weight excluding hydrogens is 381 g/mol. The van der Waals surface area contributed by atoms with Gasteiger partial charge in [-0.2, -0.15) is 13.2 Å². The van der Waals surface area contributed by atoms with E-state index in [0.29, 0.717) is 18.5 Å². The molecule has 150 valence electrons. The molecular formula is C22H19F3N2O2. The molecule has 1 N–H and O–H groups in total. The molecule has 1 aromatic heterocycles. The van der Waals surface area contributed by atoms with E-state index < -0.39 is 29.8 Å². The van der Waals surface area contributed by atoms with Gasteiger partial charge in [0.25, 0.3) is 0 Å². The van der Waals surface area contributed by atoms with Crippen LogP contribution in [0.2, 0.25) is 0 Å². The van der Waals surface area contributed by atoms with Crippen molar-refractivity contribution in [3.8, 4) is 0 Å². The highest BCUT2D eigenvalue weighted by Gasteiger charge is 2.37. The van der Waals surface area contributed by atoms with E-state index in [1.165, 1.54) is 12.1 Å². The van der Waals surface area contributed by atoms with Crippen molar-refractivity contribution in [2.75, 3.05) is 6.54 Å². The van der Waals surface area contributed by atoms with E-state index in [2.05, 4.69) is 4.98 Å². The summed E-state index contributed by atoms with van der Waals surface area (Å²) in [6.07, 6.45) is 0.244. The van der Waals surface area contributed by atoms with Crippen LogP contribution in [0.5, 0.6) is 0 Å². The first-order chi connectivity index (χ1) is 13.8. The third kappa shape index (κ3) is 3.82. The Labute approximate surface area is 165 Å². The SMILES string of the molecule is O=C(O)C1CCCN1C(c1ccc(C(F)(F)F)cc1)c1ccc2cnccc2c1. The van der Waals surface area contributed by atoms with E-state index in [9.17, 15) is 23.1 Å². The average molecular weight is 400 g/mol. The third-order valence-electron chi connectivity index (χ3n) is 5.45. The molecule has 4 nitrogen and oxygen atoms in total. The minimum atomic E-state index is -4.42. The molecule has 0 saturated carbocycles. The number of aliphatic carboxylic acids is 1. The van der Waals surface area contributed by atoms with Gasteiger partial charge in [-0.3, -0.25) is 14.7 Å². The fourth-order valence-corrected chi connectivity index (χ4v) is 4.06. The van der Waals surface area contributed by atoms with Crippen LogP contribution in [0.1, 0.15) is 35.6 Å². The third-order valence-corrected chi connectivity index (χ3v) is 5.45. The maximum Gasteiger partial charge on any atom is 0.416 e. The van der Waals surface area contributed by atoms with Gasteiger partial charge in [-0.25, -0.2) is 0 Å². The van der Waals surface area contributed by atoms with Crippen LogP contribution in [-0.4, -0.2) is 33.5 Å². The van der Waals surface area contributed by atoms with Crippen LogP contribution in [0.4, 0.5) is 13.2 Å². The van der Waals surface area contributed by atoms with Gasteiger partial charge in [-0.15, -0.1) is 0 Å². The molecule has 2 heterocycles. The monoisotopic (exact) mass is 400 g/mol. The lowest BCUT2D eigenvalue weighted by molar-refractivity contribution is -0.142. The van der Waals surface area contributed by atoms with E-state index >= 15 is 0 Å². The molecule has 0 amide bonds. The van der Waals surface area contributed by atoms with Crippen molar-refractivity contribution in [2.24, 2.45) is 0 Å². The van der Waals surface area contributed by atoms with Crippen molar-refractivity contribution in [1.29, 1.82) is 0 Å². The summed E-state index contributed by atoms with van der Waals surface area (Å²) in [5, 5.41) is 11.5. The fourth-order valence-electron chi connectivity index (χ4n) is 4.06. The Morgan fingerprint density at radius 2 is 1.79 bits per heavy atom. The number of benzene rings is 2. The molecule has 1 aliphatic heterocycles. The fraction of sp³-hybridized carbons (Fsp3) is 0.273. The van der Waals surface area contributed by atoms with E-state index in [1.807, 2.05) is 29.2 Å². The Morgan fingerprint density at radius 1 is 1.07 bits per heavy atom. The molecule has 0 spiro atoms. The number of carboxylic acids is 1. The van der Waals surface area contributed by atoms with E-state index in [0.717, 1.165) is 34.9 Å². The van der Waals surface area contributed by atoms with Crippen molar-refractivity contribution in [3.05, 3.63) is 77.6 Å². The maximum atomic E-state index is 13.0. The van der Waals surface area contributed by atoms with E-state index in [1.54, 1.807) is 12.4 Å². The van der Waals surface area contributed by atoms with Gasteiger partial charge in [-0.05, 0) is 53.6 Å². The highest BCUT2D eigenvalue weighted by molar-refractivity contribution is 5.82. The molecule has 7 heteroatoms. The summed E-state index contributed by atoms with van der Waals surface area (Å²) in [5.41, 5.74) is 0.761. The van der Waals surface area contributed by atoms with Crippen LogP contribution in [0.15, 0.2) is 60.9 Å². The minimum Gasteiger partial charge on any atom is -0.480 e. The largest absolute Gasteiger partial charge is 0.480 e. The number of rotatable bonds is 4. The second-order valence-electron chi connectivity index (χ2n) is 7.24. The number of fused-ring (bicyclic) bond motifs is 1.